The first-order valence-corrected chi connectivity index (χ1v) is 9.57. The third kappa shape index (κ3) is 3.98. The maximum atomic E-state index is 13.0. The number of fused-ring (bicyclic) bond motifs is 1. The zero-order valence-electron chi connectivity index (χ0n) is 15.5. The minimum absolute atomic E-state index is 0.0364. The van der Waals surface area contributed by atoms with Gasteiger partial charge in [-0.05, 0) is 47.7 Å². The lowest BCUT2D eigenvalue weighted by Crippen LogP contribution is -2.41. The van der Waals surface area contributed by atoms with Crippen molar-refractivity contribution in [2.75, 3.05) is 19.7 Å². The molecule has 4 rings (SSSR count). The van der Waals surface area contributed by atoms with Gasteiger partial charge in [-0.25, -0.2) is 4.39 Å². The van der Waals surface area contributed by atoms with Crippen LogP contribution in [0.25, 0.3) is 0 Å². The van der Waals surface area contributed by atoms with Crippen LogP contribution in [0.5, 0.6) is 0 Å². The Morgan fingerprint density at radius 3 is 2.68 bits per heavy atom. The van der Waals surface area contributed by atoms with Crippen LogP contribution in [-0.2, 0) is 17.8 Å². The number of carbonyl (C=O) groups is 2. The van der Waals surface area contributed by atoms with Crippen molar-refractivity contribution in [3.63, 3.8) is 0 Å². The molecule has 1 heterocycles. The molecule has 1 aliphatic carbocycles. The molecule has 1 fully saturated rings. The van der Waals surface area contributed by atoms with E-state index in [1.165, 1.54) is 12.1 Å². The van der Waals surface area contributed by atoms with Gasteiger partial charge in [-0.3, -0.25) is 9.59 Å². The quantitative estimate of drug-likeness (QED) is 0.750. The highest BCUT2D eigenvalue weighted by Crippen LogP contribution is 2.40. The number of hydrogen-bond acceptors (Lipinski definition) is 4. The first kappa shape index (κ1) is 18.8. The van der Waals surface area contributed by atoms with E-state index in [9.17, 15) is 14.0 Å². The first-order valence-electron chi connectivity index (χ1n) is 9.57. The third-order valence-corrected chi connectivity index (χ3v) is 5.64. The predicted molar refractivity (Wildman–Crippen MR) is 103 cm³/mol. The van der Waals surface area contributed by atoms with E-state index in [-0.39, 0.29) is 30.1 Å². The van der Waals surface area contributed by atoms with Gasteiger partial charge in [-0.1, -0.05) is 24.3 Å². The van der Waals surface area contributed by atoms with Gasteiger partial charge < -0.3 is 15.3 Å². The van der Waals surface area contributed by atoms with Gasteiger partial charge >= 0.3 is 0 Å². The van der Waals surface area contributed by atoms with Crippen molar-refractivity contribution in [2.24, 2.45) is 0 Å². The van der Waals surface area contributed by atoms with Gasteiger partial charge in [0.1, 0.15) is 12.4 Å². The number of aliphatic hydroxyl groups excluding tert-OH is 1. The third-order valence-electron chi connectivity index (χ3n) is 5.64. The maximum Gasteiger partial charge on any atom is 0.236 e. The molecular formula is C22H23FN2O3. The summed E-state index contributed by atoms with van der Waals surface area (Å²) in [5, 5.41) is 12.3. The van der Waals surface area contributed by atoms with E-state index in [1.807, 2.05) is 6.07 Å². The first-order chi connectivity index (χ1) is 13.5. The van der Waals surface area contributed by atoms with Gasteiger partial charge in [0.2, 0.25) is 5.91 Å². The van der Waals surface area contributed by atoms with Crippen LogP contribution in [0, 0.1) is 5.82 Å². The smallest absolute Gasteiger partial charge is 0.236 e. The van der Waals surface area contributed by atoms with E-state index in [4.69, 9.17) is 5.11 Å². The Morgan fingerprint density at radius 2 is 1.93 bits per heavy atom. The fraction of sp³-hybridized carbons (Fsp3) is 0.364. The molecule has 6 heteroatoms. The number of aliphatic hydroxyl groups is 1. The van der Waals surface area contributed by atoms with Crippen molar-refractivity contribution in [2.45, 2.75) is 31.3 Å². The largest absolute Gasteiger partial charge is 0.388 e. The highest BCUT2D eigenvalue weighted by Gasteiger charge is 2.38. The van der Waals surface area contributed by atoms with Gasteiger partial charge in [-0.15, -0.1) is 0 Å². The van der Waals surface area contributed by atoms with Crippen LogP contribution < -0.4 is 5.32 Å². The molecule has 146 valence electrons. The van der Waals surface area contributed by atoms with E-state index in [0.717, 1.165) is 29.5 Å². The number of halogens is 1. The summed E-state index contributed by atoms with van der Waals surface area (Å²) in [7, 11) is 0. The lowest BCUT2D eigenvalue weighted by molar-refractivity contribution is -0.131. The van der Waals surface area contributed by atoms with E-state index in [2.05, 4.69) is 5.32 Å². The molecular weight excluding hydrogens is 359 g/mol. The molecule has 0 saturated heterocycles. The summed E-state index contributed by atoms with van der Waals surface area (Å²) in [6.45, 7) is 0.899. The number of carbonyl (C=O) groups excluding carboxylic acids is 2. The molecule has 0 radical (unpaired) electrons. The van der Waals surface area contributed by atoms with Gasteiger partial charge in [0.25, 0.3) is 0 Å². The van der Waals surface area contributed by atoms with Gasteiger partial charge in [0.15, 0.2) is 5.78 Å². The van der Waals surface area contributed by atoms with E-state index in [1.54, 1.807) is 29.2 Å². The molecule has 28 heavy (non-hydrogen) atoms. The highest BCUT2D eigenvalue weighted by atomic mass is 19.1. The number of amides is 1. The number of rotatable bonds is 6. The van der Waals surface area contributed by atoms with E-state index < -0.39 is 6.61 Å². The molecule has 1 amide bonds. The molecule has 5 nitrogen and oxygen atoms in total. The van der Waals surface area contributed by atoms with Crippen LogP contribution in [-0.4, -0.2) is 47.4 Å². The molecule has 2 N–H and O–H groups in total. The van der Waals surface area contributed by atoms with Crippen molar-refractivity contribution >= 4 is 11.7 Å². The molecule has 0 bridgehead atoms. The molecule has 2 aromatic carbocycles. The summed E-state index contributed by atoms with van der Waals surface area (Å²) < 4.78 is 13.0. The lowest BCUT2D eigenvalue weighted by atomic mass is 9.96. The summed E-state index contributed by atoms with van der Waals surface area (Å²) in [5.41, 5.74) is 3.69. The van der Waals surface area contributed by atoms with Crippen LogP contribution in [0.3, 0.4) is 0 Å². The Hall–Kier alpha value is -2.57. The molecule has 2 aliphatic rings. The van der Waals surface area contributed by atoms with Crippen LogP contribution in [0.2, 0.25) is 0 Å². The Balaban J connectivity index is 1.32. The predicted octanol–water partition coefficient (Wildman–Crippen LogP) is 2.03. The molecule has 1 aliphatic heterocycles. The van der Waals surface area contributed by atoms with Crippen molar-refractivity contribution < 1.29 is 19.1 Å². The summed E-state index contributed by atoms with van der Waals surface area (Å²) in [5.74, 6) is -0.177. The minimum Gasteiger partial charge on any atom is -0.388 e. The van der Waals surface area contributed by atoms with Crippen molar-refractivity contribution in [1.82, 2.24) is 10.2 Å². The molecule has 1 saturated carbocycles. The minimum atomic E-state index is -0.512. The lowest BCUT2D eigenvalue weighted by Gasteiger charge is -2.29. The van der Waals surface area contributed by atoms with Gasteiger partial charge in [-0.2, -0.15) is 0 Å². The summed E-state index contributed by atoms with van der Waals surface area (Å²) in [4.78, 5) is 26.1. The van der Waals surface area contributed by atoms with Crippen LogP contribution >= 0.6 is 0 Å². The van der Waals surface area contributed by atoms with Crippen molar-refractivity contribution in [3.8, 4) is 0 Å². The monoisotopic (exact) mass is 382 g/mol. The van der Waals surface area contributed by atoms with E-state index in [0.29, 0.717) is 24.6 Å². The molecule has 0 spiro atoms. The maximum absolute atomic E-state index is 13.0. The van der Waals surface area contributed by atoms with E-state index >= 15 is 0 Å². The molecule has 2 atom stereocenters. The van der Waals surface area contributed by atoms with Crippen molar-refractivity contribution in [3.05, 3.63) is 70.5 Å². The summed E-state index contributed by atoms with van der Waals surface area (Å²) in [6, 6.07) is 12.2. The van der Waals surface area contributed by atoms with Crippen LogP contribution in [0.1, 0.15) is 39.4 Å². The number of hydrogen-bond donors (Lipinski definition) is 2. The SMILES string of the molecule is O=C(CO)c1ccc2c(c1)CN(C(=O)CNC1CC1c1ccc(F)cc1)CC2. The standard InChI is InChI=1S/C22H23FN2O3/c23-18-5-3-15(4-6-18)19-10-20(19)24-11-22(28)25-8-7-14-1-2-16(21(27)13-26)9-17(14)12-25/h1-6,9,19-20,24,26H,7-8,10-13H2. The number of nitrogens with one attached hydrogen (secondary N) is 1. The van der Waals surface area contributed by atoms with Gasteiger partial charge in [0.05, 0.1) is 6.54 Å². The van der Waals surface area contributed by atoms with Crippen LogP contribution in [0.4, 0.5) is 4.39 Å². The zero-order chi connectivity index (χ0) is 19.7. The fourth-order valence-corrected chi connectivity index (χ4v) is 3.86. The molecule has 2 unspecified atom stereocenters. The number of Topliss-reactive ketones (excluding diaryl/α,β-unsaturated/α-hetero) is 1. The molecule has 2 aromatic rings. The normalized spacial score (nSPS) is 20.6. The topological polar surface area (TPSA) is 69.6 Å². The fourth-order valence-electron chi connectivity index (χ4n) is 3.86. The Labute approximate surface area is 163 Å². The van der Waals surface area contributed by atoms with Crippen LogP contribution in [0.15, 0.2) is 42.5 Å². The number of nitrogens with zero attached hydrogens (tertiary/aromatic N) is 1. The average Bonchev–Trinajstić information content (AvgIpc) is 3.50. The number of benzene rings is 2. The Bertz CT molecular complexity index is 897. The van der Waals surface area contributed by atoms with Gasteiger partial charge in [0, 0.05) is 30.6 Å². The highest BCUT2D eigenvalue weighted by molar-refractivity contribution is 5.97. The summed E-state index contributed by atoms with van der Waals surface area (Å²) in [6.07, 6.45) is 1.71. The second-order valence-electron chi connectivity index (χ2n) is 7.51. The second kappa shape index (κ2) is 7.81. The second-order valence-corrected chi connectivity index (χ2v) is 7.51. The molecule has 0 aromatic heterocycles. The average molecular weight is 382 g/mol. The number of ketones is 1. The zero-order valence-corrected chi connectivity index (χ0v) is 15.5. The summed E-state index contributed by atoms with van der Waals surface area (Å²) >= 11 is 0. The Morgan fingerprint density at radius 1 is 1.14 bits per heavy atom. The Kier molecular flexibility index (Phi) is 5.24. The van der Waals surface area contributed by atoms with Crippen molar-refractivity contribution in [1.29, 1.82) is 0 Å².